The number of fused-ring (bicyclic) bond motifs is 5. The molecular weight excluding hydrogens is 603 g/mol. The first-order valence-corrected chi connectivity index (χ1v) is 17.3. The highest BCUT2D eigenvalue weighted by atomic mass is 32.2. The van der Waals surface area contributed by atoms with Gasteiger partial charge in [-0.05, 0) is 121 Å². The molecule has 0 saturated heterocycles. The molecule has 2 fully saturated rings. The highest BCUT2D eigenvalue weighted by Gasteiger charge is 2.58. The maximum Gasteiger partial charge on any atom is 0.453 e. The maximum absolute atomic E-state index is 13.0. The lowest BCUT2D eigenvalue weighted by molar-refractivity contribution is -0.282. The molecular formula is C33H41F5O5S. The number of phenols is 1. The van der Waals surface area contributed by atoms with Crippen LogP contribution in [0.15, 0.2) is 42.5 Å². The molecule has 0 amide bonds. The third-order valence-corrected chi connectivity index (χ3v) is 12.2. The van der Waals surface area contributed by atoms with Gasteiger partial charge in [-0.1, -0.05) is 25.1 Å². The summed E-state index contributed by atoms with van der Waals surface area (Å²) in [5.74, 6) is -4.34. The van der Waals surface area contributed by atoms with Gasteiger partial charge in [-0.25, -0.2) is 8.42 Å². The average molecular weight is 645 g/mol. The molecule has 3 aliphatic rings. The molecule has 0 aliphatic heterocycles. The summed E-state index contributed by atoms with van der Waals surface area (Å²) >= 11 is 0. The van der Waals surface area contributed by atoms with Crippen LogP contribution in [0, 0.1) is 17.3 Å². The van der Waals surface area contributed by atoms with Crippen molar-refractivity contribution >= 4 is 9.84 Å². The van der Waals surface area contributed by atoms with Gasteiger partial charge >= 0.3 is 12.1 Å². The van der Waals surface area contributed by atoms with E-state index in [1.54, 1.807) is 6.07 Å². The minimum Gasteiger partial charge on any atom is -0.508 e. The standard InChI is InChI=1S/C33H41F5O5S/c1-31-20-27(30-25-12-8-23(39)19-22(25)7-11-26(30)28(31)13-14-29(31)40)21-5-9-24(10-6-21)43-16-3-2-4-17-44(41,42)18-15-32(34,35)33(36,37)38/h5-6,8-10,12,19,26-30,39-40H,2-4,7,11,13-18,20H2,1H3/t26-,27+,28-,29-,30+,31-/m0/s1. The Morgan fingerprint density at radius 2 is 1.68 bits per heavy atom. The number of benzene rings is 2. The third kappa shape index (κ3) is 6.73. The summed E-state index contributed by atoms with van der Waals surface area (Å²) in [6, 6.07) is 13.7. The second-order valence-corrected chi connectivity index (χ2v) is 15.5. The number of aliphatic hydroxyl groups excluding tert-OH is 1. The van der Waals surface area contributed by atoms with E-state index in [1.807, 2.05) is 18.2 Å². The number of aryl methyl sites for hydroxylation is 1. The van der Waals surface area contributed by atoms with Crippen LogP contribution in [0.3, 0.4) is 0 Å². The summed E-state index contributed by atoms with van der Waals surface area (Å²) in [7, 11) is -4.02. The van der Waals surface area contributed by atoms with Gasteiger partial charge in [0, 0.05) is 6.42 Å². The van der Waals surface area contributed by atoms with E-state index in [2.05, 4.69) is 25.1 Å². The molecule has 0 heterocycles. The van der Waals surface area contributed by atoms with Crippen molar-refractivity contribution in [1.29, 1.82) is 0 Å². The van der Waals surface area contributed by atoms with Gasteiger partial charge in [0.1, 0.15) is 11.5 Å². The number of halogens is 5. The van der Waals surface area contributed by atoms with E-state index in [1.165, 1.54) is 16.7 Å². The molecule has 5 nitrogen and oxygen atoms in total. The Morgan fingerprint density at radius 1 is 0.955 bits per heavy atom. The van der Waals surface area contributed by atoms with Gasteiger partial charge in [-0.15, -0.1) is 0 Å². The Labute approximate surface area is 255 Å². The van der Waals surface area contributed by atoms with Crippen molar-refractivity contribution < 1.29 is 45.3 Å². The van der Waals surface area contributed by atoms with Crippen molar-refractivity contribution in [3.8, 4) is 11.5 Å². The minimum absolute atomic E-state index is 0.150. The fourth-order valence-electron chi connectivity index (χ4n) is 8.12. The monoisotopic (exact) mass is 644 g/mol. The second-order valence-electron chi connectivity index (χ2n) is 13.2. The highest BCUT2D eigenvalue weighted by molar-refractivity contribution is 7.91. The molecule has 6 atom stereocenters. The van der Waals surface area contributed by atoms with Crippen LogP contribution in [0.2, 0.25) is 0 Å². The lowest BCUT2D eigenvalue weighted by Crippen LogP contribution is -2.47. The third-order valence-electron chi connectivity index (χ3n) is 10.5. The number of rotatable bonds is 11. The number of aromatic hydroxyl groups is 1. The smallest absolute Gasteiger partial charge is 0.453 e. The Bertz CT molecular complexity index is 1410. The van der Waals surface area contributed by atoms with Gasteiger partial charge in [0.05, 0.1) is 24.2 Å². The van der Waals surface area contributed by atoms with Crippen molar-refractivity contribution in [2.24, 2.45) is 17.3 Å². The van der Waals surface area contributed by atoms with Crippen LogP contribution >= 0.6 is 0 Å². The summed E-state index contributed by atoms with van der Waals surface area (Å²) < 4.78 is 92.7. The lowest BCUT2D eigenvalue weighted by atomic mass is 9.51. The number of hydrogen-bond donors (Lipinski definition) is 2. The number of alkyl halides is 5. The summed E-state index contributed by atoms with van der Waals surface area (Å²) in [5.41, 5.74) is 3.52. The number of hydrogen-bond acceptors (Lipinski definition) is 5. The molecule has 5 rings (SSSR count). The van der Waals surface area contributed by atoms with Gasteiger partial charge in [0.2, 0.25) is 0 Å². The zero-order chi connectivity index (χ0) is 31.9. The zero-order valence-electron chi connectivity index (χ0n) is 24.8. The Kier molecular flexibility index (Phi) is 9.31. The van der Waals surface area contributed by atoms with E-state index in [-0.39, 0.29) is 29.6 Å². The lowest BCUT2D eigenvalue weighted by Gasteiger charge is -2.54. The van der Waals surface area contributed by atoms with Crippen LogP contribution in [-0.4, -0.2) is 54.9 Å². The summed E-state index contributed by atoms with van der Waals surface area (Å²) in [6.45, 7) is 2.55. The molecule has 3 aliphatic carbocycles. The first-order valence-electron chi connectivity index (χ1n) is 15.5. The Hall–Kier alpha value is -2.40. The van der Waals surface area contributed by atoms with Gasteiger partial charge in [-0.2, -0.15) is 22.0 Å². The maximum atomic E-state index is 13.0. The Morgan fingerprint density at radius 3 is 2.39 bits per heavy atom. The number of phenolic OH excluding ortho intramolecular Hbond substituents is 1. The molecule has 0 radical (unpaired) electrons. The molecule has 0 unspecified atom stereocenters. The molecule has 244 valence electrons. The highest BCUT2D eigenvalue weighted by Crippen LogP contribution is 2.65. The summed E-state index contributed by atoms with van der Waals surface area (Å²) in [6.07, 6.45) is -2.08. The molecule has 0 bridgehead atoms. The first-order chi connectivity index (χ1) is 20.6. The quantitative estimate of drug-likeness (QED) is 0.195. The predicted octanol–water partition coefficient (Wildman–Crippen LogP) is 7.55. The van der Waals surface area contributed by atoms with Gasteiger partial charge < -0.3 is 14.9 Å². The second kappa shape index (κ2) is 12.4. The number of sulfone groups is 1. The zero-order valence-corrected chi connectivity index (χ0v) is 25.6. The topological polar surface area (TPSA) is 83.8 Å². The van der Waals surface area contributed by atoms with Crippen molar-refractivity contribution in [3.63, 3.8) is 0 Å². The van der Waals surface area contributed by atoms with Crippen LogP contribution < -0.4 is 4.74 Å². The number of aliphatic hydroxyl groups is 1. The van der Waals surface area contributed by atoms with Crippen LogP contribution in [0.4, 0.5) is 22.0 Å². The molecule has 2 aromatic rings. The first kappa shape index (κ1) is 33.0. The molecule has 0 aromatic heterocycles. The largest absolute Gasteiger partial charge is 0.508 e. The van der Waals surface area contributed by atoms with Crippen LogP contribution in [0.5, 0.6) is 11.5 Å². The normalized spacial score (nSPS) is 28.7. The molecule has 2 aromatic carbocycles. The summed E-state index contributed by atoms with van der Waals surface area (Å²) in [5, 5.41) is 21.2. The van der Waals surface area contributed by atoms with Gasteiger partial charge in [0.25, 0.3) is 0 Å². The average Bonchev–Trinajstić information content (AvgIpc) is 3.26. The van der Waals surface area contributed by atoms with Crippen molar-refractivity contribution in [2.45, 2.75) is 94.7 Å². The van der Waals surface area contributed by atoms with Crippen molar-refractivity contribution in [1.82, 2.24) is 0 Å². The van der Waals surface area contributed by atoms with E-state index in [9.17, 15) is 40.6 Å². The van der Waals surface area contributed by atoms with E-state index >= 15 is 0 Å². The fraction of sp³-hybridized carbons (Fsp3) is 0.636. The van der Waals surface area contributed by atoms with Gasteiger partial charge in [0.15, 0.2) is 9.84 Å². The van der Waals surface area contributed by atoms with Crippen molar-refractivity contribution in [3.05, 3.63) is 59.2 Å². The van der Waals surface area contributed by atoms with E-state index < -0.39 is 39.9 Å². The van der Waals surface area contributed by atoms with Crippen LogP contribution in [0.1, 0.15) is 86.8 Å². The number of unbranched alkanes of at least 4 members (excludes halogenated alkanes) is 2. The fourth-order valence-corrected chi connectivity index (χ4v) is 9.54. The Balaban J connectivity index is 1.16. The van der Waals surface area contributed by atoms with Gasteiger partial charge in [-0.3, -0.25) is 0 Å². The number of ether oxygens (including phenoxy) is 1. The van der Waals surface area contributed by atoms with Crippen LogP contribution in [-0.2, 0) is 16.3 Å². The van der Waals surface area contributed by atoms with Crippen LogP contribution in [0.25, 0.3) is 0 Å². The summed E-state index contributed by atoms with van der Waals surface area (Å²) in [4.78, 5) is 0. The molecule has 2 saturated carbocycles. The van der Waals surface area contributed by atoms with E-state index in [4.69, 9.17) is 4.74 Å². The van der Waals surface area contributed by atoms with E-state index in [0.717, 1.165) is 32.1 Å². The molecule has 0 spiro atoms. The molecule has 2 N–H and O–H groups in total. The van der Waals surface area contributed by atoms with Crippen molar-refractivity contribution in [2.75, 3.05) is 18.1 Å². The minimum atomic E-state index is -5.76. The SMILES string of the molecule is C[C@]12C[C@H](c3ccc(OCCCCCS(=O)(=O)CCC(F)(F)C(F)(F)F)cc3)[C@@H]3c4ccc(O)cc4CC[C@H]3[C@@H]1CC[C@@H]2O. The predicted molar refractivity (Wildman–Crippen MR) is 157 cm³/mol. The van der Waals surface area contributed by atoms with E-state index in [0.29, 0.717) is 43.0 Å². The molecule has 44 heavy (non-hydrogen) atoms. The molecule has 11 heteroatoms.